The topological polar surface area (TPSA) is 65.7 Å². The lowest BCUT2D eigenvalue weighted by Crippen LogP contribution is -2.14. The van der Waals surface area contributed by atoms with Crippen LogP contribution in [0.15, 0.2) is 21.3 Å². The van der Waals surface area contributed by atoms with Crippen LogP contribution in [-0.4, -0.2) is 19.2 Å². The van der Waals surface area contributed by atoms with Crippen LogP contribution in [0.4, 0.5) is 0 Å². The highest BCUT2D eigenvalue weighted by molar-refractivity contribution is 5.90. The Hall–Kier alpha value is -2.14. The molecule has 1 heterocycles. The van der Waals surface area contributed by atoms with E-state index in [-0.39, 0.29) is 17.8 Å². The lowest BCUT2D eigenvalue weighted by atomic mass is 9.87. The standard InChI is InChI=1S/C19H22O5/c1-3-22-11-15-13-8-6-5-7-12(13)9-14-16(20)10-17(24-18(14)15)19(21)23-4-2/h9-10H,3-8,11H2,1-2H3. The number of rotatable bonds is 5. The zero-order valence-corrected chi connectivity index (χ0v) is 14.1. The Labute approximate surface area is 140 Å². The van der Waals surface area contributed by atoms with Gasteiger partial charge in [-0.2, -0.15) is 0 Å². The molecule has 128 valence electrons. The van der Waals surface area contributed by atoms with Crippen LogP contribution in [-0.2, 0) is 28.9 Å². The van der Waals surface area contributed by atoms with Crippen LogP contribution in [0.2, 0.25) is 0 Å². The molecular weight excluding hydrogens is 308 g/mol. The van der Waals surface area contributed by atoms with Crippen LogP contribution < -0.4 is 5.43 Å². The van der Waals surface area contributed by atoms with E-state index < -0.39 is 5.97 Å². The van der Waals surface area contributed by atoms with Crippen LogP contribution in [0.25, 0.3) is 11.0 Å². The van der Waals surface area contributed by atoms with Gasteiger partial charge in [0.05, 0.1) is 18.6 Å². The van der Waals surface area contributed by atoms with E-state index in [2.05, 4.69) is 0 Å². The third-order valence-corrected chi connectivity index (χ3v) is 4.38. The molecule has 5 heteroatoms. The fourth-order valence-electron chi connectivity index (χ4n) is 3.27. The lowest BCUT2D eigenvalue weighted by Gasteiger charge is -2.21. The smallest absolute Gasteiger partial charge is 0.374 e. The average Bonchev–Trinajstić information content (AvgIpc) is 2.59. The maximum atomic E-state index is 12.5. The number of carbonyl (C=O) groups is 1. The molecule has 1 aromatic carbocycles. The minimum atomic E-state index is -0.614. The zero-order valence-electron chi connectivity index (χ0n) is 14.1. The zero-order chi connectivity index (χ0) is 17.1. The highest BCUT2D eigenvalue weighted by Gasteiger charge is 2.22. The first-order chi connectivity index (χ1) is 11.7. The Kier molecular flexibility index (Phi) is 5.00. The minimum absolute atomic E-state index is 0.0529. The maximum absolute atomic E-state index is 12.5. The van der Waals surface area contributed by atoms with Gasteiger partial charge in [0.25, 0.3) is 0 Å². The second-order valence-corrected chi connectivity index (χ2v) is 5.91. The molecular formula is C19H22O5. The Morgan fingerprint density at radius 1 is 1.17 bits per heavy atom. The summed E-state index contributed by atoms with van der Waals surface area (Å²) in [5, 5.41) is 0.512. The third kappa shape index (κ3) is 3.08. The molecule has 0 N–H and O–H groups in total. The maximum Gasteiger partial charge on any atom is 0.374 e. The fraction of sp³-hybridized carbons (Fsp3) is 0.474. The molecule has 0 radical (unpaired) electrons. The predicted octanol–water partition coefficient (Wildman–Crippen LogP) is 3.39. The Morgan fingerprint density at radius 2 is 1.96 bits per heavy atom. The molecule has 24 heavy (non-hydrogen) atoms. The molecule has 0 unspecified atom stereocenters. The quantitative estimate of drug-likeness (QED) is 0.786. The molecule has 1 aliphatic rings. The van der Waals surface area contributed by atoms with Gasteiger partial charge in [0.1, 0.15) is 5.58 Å². The van der Waals surface area contributed by atoms with Gasteiger partial charge in [0, 0.05) is 18.2 Å². The highest BCUT2D eigenvalue weighted by Crippen LogP contribution is 2.31. The Bertz CT molecular complexity index is 819. The van der Waals surface area contributed by atoms with Crippen molar-refractivity contribution in [1.82, 2.24) is 0 Å². The van der Waals surface area contributed by atoms with Crippen molar-refractivity contribution in [3.8, 4) is 0 Å². The summed E-state index contributed by atoms with van der Waals surface area (Å²) in [7, 11) is 0. The molecule has 0 saturated carbocycles. The molecule has 0 atom stereocenters. The summed E-state index contributed by atoms with van der Waals surface area (Å²) in [6.07, 6.45) is 4.14. The first kappa shape index (κ1) is 16.7. The number of benzene rings is 1. The molecule has 0 fully saturated rings. The average molecular weight is 330 g/mol. The van der Waals surface area contributed by atoms with Crippen molar-refractivity contribution in [1.29, 1.82) is 0 Å². The van der Waals surface area contributed by atoms with Gasteiger partial charge in [-0.15, -0.1) is 0 Å². The molecule has 0 amide bonds. The monoisotopic (exact) mass is 330 g/mol. The first-order valence-corrected chi connectivity index (χ1v) is 8.52. The van der Waals surface area contributed by atoms with E-state index in [9.17, 15) is 9.59 Å². The molecule has 3 rings (SSSR count). The van der Waals surface area contributed by atoms with Crippen LogP contribution >= 0.6 is 0 Å². The van der Waals surface area contributed by atoms with Crippen molar-refractivity contribution in [3.63, 3.8) is 0 Å². The van der Waals surface area contributed by atoms with Gasteiger partial charge < -0.3 is 13.9 Å². The van der Waals surface area contributed by atoms with E-state index in [1.807, 2.05) is 13.0 Å². The van der Waals surface area contributed by atoms with Crippen molar-refractivity contribution in [2.75, 3.05) is 13.2 Å². The Morgan fingerprint density at radius 3 is 2.71 bits per heavy atom. The number of aryl methyl sites for hydroxylation is 1. The van der Waals surface area contributed by atoms with Crippen molar-refractivity contribution >= 4 is 16.9 Å². The molecule has 5 nitrogen and oxygen atoms in total. The molecule has 0 spiro atoms. The van der Waals surface area contributed by atoms with E-state index in [0.29, 0.717) is 24.2 Å². The summed E-state index contributed by atoms with van der Waals surface area (Å²) in [6, 6.07) is 3.14. The molecule has 0 bridgehead atoms. The van der Waals surface area contributed by atoms with Gasteiger partial charge in [0.15, 0.2) is 5.43 Å². The van der Waals surface area contributed by atoms with Gasteiger partial charge >= 0.3 is 5.97 Å². The van der Waals surface area contributed by atoms with E-state index in [1.54, 1.807) is 6.92 Å². The summed E-state index contributed by atoms with van der Waals surface area (Å²) < 4.78 is 16.4. The number of ether oxygens (including phenoxy) is 2. The predicted molar refractivity (Wildman–Crippen MR) is 90.4 cm³/mol. The number of esters is 1. The van der Waals surface area contributed by atoms with E-state index in [0.717, 1.165) is 31.2 Å². The number of carbonyl (C=O) groups excluding carboxylic acids is 1. The second kappa shape index (κ2) is 7.18. The van der Waals surface area contributed by atoms with Gasteiger partial charge in [-0.25, -0.2) is 4.79 Å². The van der Waals surface area contributed by atoms with Crippen molar-refractivity contribution in [2.45, 2.75) is 46.1 Å². The van der Waals surface area contributed by atoms with Gasteiger partial charge in [-0.05, 0) is 56.7 Å². The largest absolute Gasteiger partial charge is 0.460 e. The molecule has 1 aromatic heterocycles. The summed E-state index contributed by atoms with van der Waals surface area (Å²) in [5.41, 5.74) is 3.53. The summed E-state index contributed by atoms with van der Waals surface area (Å²) >= 11 is 0. The second-order valence-electron chi connectivity index (χ2n) is 5.91. The van der Waals surface area contributed by atoms with Gasteiger partial charge in [-0.1, -0.05) is 0 Å². The van der Waals surface area contributed by atoms with Crippen molar-refractivity contribution < 1.29 is 18.7 Å². The fourth-order valence-corrected chi connectivity index (χ4v) is 3.27. The SMILES string of the molecule is CCOCc1c2c(cc3c(=O)cc(C(=O)OCC)oc13)CCCC2. The number of hydrogen-bond donors (Lipinski definition) is 0. The minimum Gasteiger partial charge on any atom is -0.460 e. The Balaban J connectivity index is 2.23. The van der Waals surface area contributed by atoms with Gasteiger partial charge in [-0.3, -0.25) is 4.79 Å². The van der Waals surface area contributed by atoms with Crippen LogP contribution in [0.3, 0.4) is 0 Å². The third-order valence-electron chi connectivity index (χ3n) is 4.38. The van der Waals surface area contributed by atoms with E-state index in [1.165, 1.54) is 17.2 Å². The summed E-state index contributed by atoms with van der Waals surface area (Å²) in [5.74, 6) is -0.667. The summed E-state index contributed by atoms with van der Waals surface area (Å²) in [4.78, 5) is 24.5. The number of fused-ring (bicyclic) bond motifs is 2. The normalized spacial score (nSPS) is 13.8. The molecule has 0 aliphatic heterocycles. The number of hydrogen-bond acceptors (Lipinski definition) is 5. The van der Waals surface area contributed by atoms with Crippen molar-refractivity contribution in [2.24, 2.45) is 0 Å². The van der Waals surface area contributed by atoms with Crippen LogP contribution in [0.1, 0.15) is 53.9 Å². The first-order valence-electron chi connectivity index (χ1n) is 8.52. The van der Waals surface area contributed by atoms with Crippen LogP contribution in [0.5, 0.6) is 0 Å². The van der Waals surface area contributed by atoms with Crippen molar-refractivity contribution in [3.05, 3.63) is 44.8 Å². The van der Waals surface area contributed by atoms with E-state index >= 15 is 0 Å². The molecule has 2 aromatic rings. The molecule has 1 aliphatic carbocycles. The lowest BCUT2D eigenvalue weighted by molar-refractivity contribution is 0.0490. The van der Waals surface area contributed by atoms with Crippen LogP contribution in [0, 0.1) is 0 Å². The summed E-state index contributed by atoms with van der Waals surface area (Å²) in [6.45, 7) is 4.83. The van der Waals surface area contributed by atoms with E-state index in [4.69, 9.17) is 13.9 Å². The van der Waals surface area contributed by atoms with Gasteiger partial charge in [0.2, 0.25) is 5.76 Å². The molecule has 0 saturated heterocycles. The highest BCUT2D eigenvalue weighted by atomic mass is 16.5.